The lowest BCUT2D eigenvalue weighted by molar-refractivity contribution is 0.292. The van der Waals surface area contributed by atoms with Gasteiger partial charge in [0.15, 0.2) is 0 Å². The van der Waals surface area contributed by atoms with E-state index in [0.29, 0.717) is 13.0 Å². The maximum Gasteiger partial charge on any atom is 0.224 e. The van der Waals surface area contributed by atoms with Gasteiger partial charge in [0.05, 0.1) is 0 Å². The van der Waals surface area contributed by atoms with Gasteiger partial charge in [0.25, 0.3) is 0 Å². The van der Waals surface area contributed by atoms with Crippen molar-refractivity contribution in [1.82, 2.24) is 9.97 Å². The predicted octanol–water partition coefficient (Wildman–Crippen LogP) is 1.88. The number of hydrogen-bond donors (Lipinski definition) is 2. The van der Waals surface area contributed by atoms with Gasteiger partial charge in [0.1, 0.15) is 5.82 Å². The Bertz CT molecular complexity index is 307. The van der Waals surface area contributed by atoms with Gasteiger partial charge in [-0.1, -0.05) is 13.3 Å². The summed E-state index contributed by atoms with van der Waals surface area (Å²) in [7, 11) is 0. The van der Waals surface area contributed by atoms with Gasteiger partial charge in [0.2, 0.25) is 5.28 Å². The standard InChI is InChI=1S/C10H16ClN3O/c1-2-4-8-7-9(12-5-3-6-15)14-10(11)13-8/h7,15H,2-6H2,1H3,(H,12,13,14). The first-order valence-electron chi connectivity index (χ1n) is 5.14. The third kappa shape index (κ3) is 4.44. The molecule has 0 unspecified atom stereocenters. The van der Waals surface area contributed by atoms with E-state index in [1.165, 1.54) is 0 Å². The van der Waals surface area contributed by atoms with Gasteiger partial charge in [-0.15, -0.1) is 0 Å². The van der Waals surface area contributed by atoms with Gasteiger partial charge in [0, 0.05) is 24.9 Å². The summed E-state index contributed by atoms with van der Waals surface area (Å²) in [6, 6.07) is 1.90. The highest BCUT2D eigenvalue weighted by molar-refractivity contribution is 6.28. The van der Waals surface area contributed by atoms with E-state index in [9.17, 15) is 0 Å². The minimum atomic E-state index is 0.174. The monoisotopic (exact) mass is 229 g/mol. The molecule has 1 aromatic heterocycles. The molecule has 4 nitrogen and oxygen atoms in total. The molecule has 0 aliphatic carbocycles. The lowest BCUT2D eigenvalue weighted by Gasteiger charge is -2.06. The molecule has 1 aromatic rings. The molecular formula is C10H16ClN3O. The number of anilines is 1. The molecule has 0 bridgehead atoms. The van der Waals surface area contributed by atoms with Gasteiger partial charge in [-0.05, 0) is 24.4 Å². The lowest BCUT2D eigenvalue weighted by atomic mass is 10.2. The second kappa shape index (κ2) is 6.58. The van der Waals surface area contributed by atoms with Crippen LogP contribution in [0.25, 0.3) is 0 Å². The second-order valence-electron chi connectivity index (χ2n) is 3.27. The van der Waals surface area contributed by atoms with E-state index in [1.807, 2.05) is 6.07 Å². The molecule has 0 aromatic carbocycles. The van der Waals surface area contributed by atoms with Crippen LogP contribution in [-0.4, -0.2) is 28.2 Å². The fourth-order valence-electron chi connectivity index (χ4n) is 1.24. The molecule has 0 radical (unpaired) electrons. The summed E-state index contributed by atoms with van der Waals surface area (Å²) in [5, 5.41) is 12.0. The minimum Gasteiger partial charge on any atom is -0.396 e. The van der Waals surface area contributed by atoms with Crippen molar-refractivity contribution in [2.75, 3.05) is 18.5 Å². The van der Waals surface area contributed by atoms with Gasteiger partial charge in [-0.25, -0.2) is 9.97 Å². The van der Waals surface area contributed by atoms with Crippen molar-refractivity contribution in [3.8, 4) is 0 Å². The topological polar surface area (TPSA) is 58.0 Å². The number of nitrogens with zero attached hydrogens (tertiary/aromatic N) is 2. The molecule has 0 atom stereocenters. The summed E-state index contributed by atoms with van der Waals surface area (Å²) in [4.78, 5) is 8.17. The van der Waals surface area contributed by atoms with Crippen molar-refractivity contribution in [2.45, 2.75) is 26.2 Å². The second-order valence-corrected chi connectivity index (χ2v) is 3.61. The zero-order valence-electron chi connectivity index (χ0n) is 8.83. The average molecular weight is 230 g/mol. The van der Waals surface area contributed by atoms with Crippen LogP contribution < -0.4 is 5.32 Å². The molecule has 0 saturated heterocycles. The van der Waals surface area contributed by atoms with Crippen LogP contribution in [0.4, 0.5) is 5.82 Å². The van der Waals surface area contributed by atoms with Crippen molar-refractivity contribution in [2.24, 2.45) is 0 Å². The Morgan fingerprint density at radius 2 is 2.27 bits per heavy atom. The lowest BCUT2D eigenvalue weighted by Crippen LogP contribution is -2.06. The van der Waals surface area contributed by atoms with E-state index in [0.717, 1.165) is 24.4 Å². The SMILES string of the molecule is CCCc1cc(NCCCO)nc(Cl)n1. The van der Waals surface area contributed by atoms with Crippen LogP contribution in [0, 0.1) is 0 Å². The Labute approximate surface area is 94.7 Å². The Balaban J connectivity index is 2.62. The zero-order chi connectivity index (χ0) is 11.1. The minimum absolute atomic E-state index is 0.174. The molecule has 1 rings (SSSR count). The van der Waals surface area contributed by atoms with Crippen molar-refractivity contribution in [3.05, 3.63) is 17.0 Å². The molecule has 15 heavy (non-hydrogen) atoms. The number of aryl methyl sites for hydroxylation is 1. The van der Waals surface area contributed by atoms with E-state index in [2.05, 4.69) is 22.2 Å². The fourth-order valence-corrected chi connectivity index (χ4v) is 1.44. The molecule has 0 amide bonds. The fraction of sp³-hybridized carbons (Fsp3) is 0.600. The first-order chi connectivity index (χ1) is 7.26. The third-order valence-electron chi connectivity index (χ3n) is 1.90. The number of aliphatic hydroxyl groups is 1. The van der Waals surface area contributed by atoms with E-state index < -0.39 is 0 Å². The van der Waals surface area contributed by atoms with Crippen LogP contribution in [0.5, 0.6) is 0 Å². The van der Waals surface area contributed by atoms with Gasteiger partial charge < -0.3 is 10.4 Å². The summed E-state index contributed by atoms with van der Waals surface area (Å²) in [6.07, 6.45) is 2.63. The Hall–Kier alpha value is -0.870. The highest BCUT2D eigenvalue weighted by Crippen LogP contribution is 2.11. The Morgan fingerprint density at radius 1 is 1.47 bits per heavy atom. The van der Waals surface area contributed by atoms with Crippen LogP contribution in [0.2, 0.25) is 5.28 Å². The maximum atomic E-state index is 8.64. The van der Waals surface area contributed by atoms with Crippen LogP contribution >= 0.6 is 11.6 Å². The van der Waals surface area contributed by atoms with Crippen LogP contribution in [0.15, 0.2) is 6.07 Å². The number of aliphatic hydroxyl groups excluding tert-OH is 1. The third-order valence-corrected chi connectivity index (χ3v) is 2.07. The summed E-state index contributed by atoms with van der Waals surface area (Å²) in [5.41, 5.74) is 0.948. The van der Waals surface area contributed by atoms with Crippen molar-refractivity contribution in [3.63, 3.8) is 0 Å². The molecule has 0 aliphatic rings. The van der Waals surface area contributed by atoms with Crippen molar-refractivity contribution >= 4 is 17.4 Å². The molecule has 84 valence electrons. The molecule has 2 N–H and O–H groups in total. The summed E-state index contributed by atoms with van der Waals surface area (Å²) in [5.74, 6) is 0.729. The maximum absolute atomic E-state index is 8.64. The van der Waals surface area contributed by atoms with Gasteiger partial charge >= 0.3 is 0 Å². The molecule has 0 saturated carbocycles. The van der Waals surface area contributed by atoms with Gasteiger partial charge in [-0.3, -0.25) is 0 Å². The predicted molar refractivity (Wildman–Crippen MR) is 61.2 cm³/mol. The molecule has 0 fully saturated rings. The number of halogens is 1. The Morgan fingerprint density at radius 3 is 2.93 bits per heavy atom. The smallest absolute Gasteiger partial charge is 0.224 e. The van der Waals surface area contributed by atoms with Crippen molar-refractivity contribution in [1.29, 1.82) is 0 Å². The first kappa shape index (κ1) is 12.2. The summed E-state index contributed by atoms with van der Waals surface area (Å²) < 4.78 is 0. The van der Waals surface area contributed by atoms with Crippen LogP contribution in [-0.2, 0) is 6.42 Å². The molecule has 1 heterocycles. The number of hydrogen-bond acceptors (Lipinski definition) is 4. The largest absolute Gasteiger partial charge is 0.396 e. The summed E-state index contributed by atoms with van der Waals surface area (Å²) >= 11 is 5.79. The molecule has 5 heteroatoms. The van der Waals surface area contributed by atoms with E-state index >= 15 is 0 Å². The average Bonchev–Trinajstić information content (AvgIpc) is 2.18. The van der Waals surface area contributed by atoms with Crippen LogP contribution in [0.1, 0.15) is 25.5 Å². The quantitative estimate of drug-likeness (QED) is 0.578. The van der Waals surface area contributed by atoms with E-state index in [-0.39, 0.29) is 11.9 Å². The number of aromatic nitrogens is 2. The number of nitrogens with one attached hydrogen (secondary N) is 1. The summed E-state index contributed by atoms with van der Waals surface area (Å²) in [6.45, 7) is 2.96. The van der Waals surface area contributed by atoms with Gasteiger partial charge in [-0.2, -0.15) is 0 Å². The highest BCUT2D eigenvalue weighted by atomic mass is 35.5. The molecule has 0 aliphatic heterocycles. The zero-order valence-corrected chi connectivity index (χ0v) is 9.59. The molecule has 0 spiro atoms. The van der Waals surface area contributed by atoms with Crippen molar-refractivity contribution < 1.29 is 5.11 Å². The molecular weight excluding hydrogens is 214 g/mol. The normalized spacial score (nSPS) is 10.3. The van der Waals surface area contributed by atoms with E-state index in [1.54, 1.807) is 0 Å². The first-order valence-corrected chi connectivity index (χ1v) is 5.52. The van der Waals surface area contributed by atoms with Crippen LogP contribution in [0.3, 0.4) is 0 Å². The highest BCUT2D eigenvalue weighted by Gasteiger charge is 2.01. The Kier molecular flexibility index (Phi) is 5.36. The van der Waals surface area contributed by atoms with E-state index in [4.69, 9.17) is 16.7 Å². The number of rotatable bonds is 6.